The van der Waals surface area contributed by atoms with Crippen molar-refractivity contribution in [2.75, 3.05) is 6.61 Å². The van der Waals surface area contributed by atoms with Crippen molar-refractivity contribution in [1.29, 1.82) is 0 Å². The molecule has 1 aliphatic rings. The second-order valence-electron chi connectivity index (χ2n) is 4.11. The van der Waals surface area contributed by atoms with Gasteiger partial charge in [-0.05, 0) is 31.9 Å². The number of guanidine groups is 1. The molecule has 0 saturated heterocycles. The Bertz CT molecular complexity index is 455. The van der Waals surface area contributed by atoms with Crippen molar-refractivity contribution in [2.45, 2.75) is 32.4 Å². The molecule has 3 N–H and O–H groups in total. The lowest BCUT2D eigenvalue weighted by Crippen LogP contribution is -2.33. The van der Waals surface area contributed by atoms with E-state index in [4.69, 9.17) is 14.9 Å². The number of ether oxygens (including phenoxy) is 1. The van der Waals surface area contributed by atoms with Crippen LogP contribution in [0.2, 0.25) is 0 Å². The number of halogens is 1. The second-order valence-corrected chi connectivity index (χ2v) is 4.11. The van der Waals surface area contributed by atoms with Gasteiger partial charge in [-0.3, -0.25) is 0 Å². The van der Waals surface area contributed by atoms with Crippen LogP contribution in [-0.2, 0) is 11.3 Å². The quantitative estimate of drug-likeness (QED) is 0.351. The Kier molecular flexibility index (Phi) is 6.13. The molecular formula is C12H18IN3O3. The van der Waals surface area contributed by atoms with Gasteiger partial charge in [-0.2, -0.15) is 0 Å². The van der Waals surface area contributed by atoms with E-state index >= 15 is 0 Å². The van der Waals surface area contributed by atoms with E-state index < -0.39 is 5.97 Å². The Morgan fingerprint density at radius 1 is 1.58 bits per heavy atom. The van der Waals surface area contributed by atoms with Crippen LogP contribution < -0.4 is 11.1 Å². The molecule has 7 heteroatoms. The van der Waals surface area contributed by atoms with Gasteiger partial charge in [0.1, 0.15) is 12.3 Å². The maximum absolute atomic E-state index is 11.4. The van der Waals surface area contributed by atoms with E-state index in [0.29, 0.717) is 30.9 Å². The lowest BCUT2D eigenvalue weighted by Gasteiger charge is -2.01. The van der Waals surface area contributed by atoms with Gasteiger partial charge in [-0.15, -0.1) is 24.0 Å². The minimum absolute atomic E-state index is 0. The molecule has 106 valence electrons. The van der Waals surface area contributed by atoms with E-state index in [0.717, 1.165) is 12.8 Å². The van der Waals surface area contributed by atoms with Crippen molar-refractivity contribution in [2.24, 2.45) is 10.7 Å². The highest BCUT2D eigenvalue weighted by Crippen LogP contribution is 2.18. The summed E-state index contributed by atoms with van der Waals surface area (Å²) >= 11 is 0. The largest absolute Gasteiger partial charge is 0.460 e. The number of esters is 1. The van der Waals surface area contributed by atoms with Crippen LogP contribution in [0.5, 0.6) is 0 Å². The Hall–Kier alpha value is -1.25. The van der Waals surface area contributed by atoms with Gasteiger partial charge in [0, 0.05) is 6.04 Å². The van der Waals surface area contributed by atoms with Gasteiger partial charge in [0.2, 0.25) is 5.76 Å². The normalized spacial score (nSPS) is 14.7. The first kappa shape index (κ1) is 15.8. The predicted molar refractivity (Wildman–Crippen MR) is 81.6 cm³/mol. The van der Waals surface area contributed by atoms with Gasteiger partial charge in [-0.25, -0.2) is 9.79 Å². The van der Waals surface area contributed by atoms with Gasteiger partial charge in [0.25, 0.3) is 0 Å². The molecule has 0 aliphatic heterocycles. The summed E-state index contributed by atoms with van der Waals surface area (Å²) in [5, 5.41) is 3.07. The summed E-state index contributed by atoms with van der Waals surface area (Å²) in [4.78, 5) is 15.5. The molecule has 1 aliphatic carbocycles. The standard InChI is InChI=1S/C12H17N3O3.HI/c1-2-17-11(16)10-6-5-9(18-10)7-14-12(13)15-8-3-4-8;/h5-6,8H,2-4,7H2,1H3,(H3,13,14,15);1H. The topological polar surface area (TPSA) is 89.8 Å². The van der Waals surface area contributed by atoms with Gasteiger partial charge in [0.05, 0.1) is 6.61 Å². The number of nitrogens with zero attached hydrogens (tertiary/aromatic N) is 1. The number of nitrogens with two attached hydrogens (primary N) is 1. The maximum Gasteiger partial charge on any atom is 0.374 e. The lowest BCUT2D eigenvalue weighted by atomic mass is 10.4. The van der Waals surface area contributed by atoms with Gasteiger partial charge < -0.3 is 20.2 Å². The molecule has 1 saturated carbocycles. The average Bonchev–Trinajstić information content (AvgIpc) is 3.02. The van der Waals surface area contributed by atoms with Gasteiger partial charge in [0.15, 0.2) is 5.96 Å². The summed E-state index contributed by atoms with van der Waals surface area (Å²) in [7, 11) is 0. The first-order chi connectivity index (χ1) is 8.69. The molecule has 1 aromatic heterocycles. The maximum atomic E-state index is 11.4. The third-order valence-corrected chi connectivity index (χ3v) is 2.47. The number of nitrogens with one attached hydrogen (secondary N) is 1. The van der Waals surface area contributed by atoms with Crippen molar-refractivity contribution in [3.8, 4) is 0 Å². The molecule has 0 aromatic carbocycles. The second kappa shape index (κ2) is 7.37. The molecule has 0 bridgehead atoms. The van der Waals surface area contributed by atoms with Crippen LogP contribution in [0.4, 0.5) is 0 Å². The fourth-order valence-electron chi connectivity index (χ4n) is 1.42. The zero-order valence-electron chi connectivity index (χ0n) is 10.7. The van der Waals surface area contributed by atoms with Crippen LogP contribution in [0.25, 0.3) is 0 Å². The van der Waals surface area contributed by atoms with Crippen LogP contribution in [0.1, 0.15) is 36.1 Å². The van der Waals surface area contributed by atoms with E-state index in [-0.39, 0.29) is 29.7 Å². The van der Waals surface area contributed by atoms with E-state index in [1.54, 1.807) is 19.1 Å². The van der Waals surface area contributed by atoms with E-state index in [1.807, 2.05) is 0 Å². The number of rotatable bonds is 5. The summed E-state index contributed by atoms with van der Waals surface area (Å²) < 4.78 is 10.1. The van der Waals surface area contributed by atoms with Crippen molar-refractivity contribution in [1.82, 2.24) is 5.32 Å². The minimum atomic E-state index is -0.461. The molecule has 0 atom stereocenters. The highest BCUT2D eigenvalue weighted by molar-refractivity contribution is 14.0. The van der Waals surface area contributed by atoms with E-state index in [9.17, 15) is 4.79 Å². The fraction of sp³-hybridized carbons (Fsp3) is 0.500. The van der Waals surface area contributed by atoms with Crippen molar-refractivity contribution in [3.05, 3.63) is 23.7 Å². The molecular weight excluding hydrogens is 361 g/mol. The first-order valence-corrected chi connectivity index (χ1v) is 6.01. The van der Waals surface area contributed by atoms with Gasteiger partial charge in [-0.1, -0.05) is 0 Å². The minimum Gasteiger partial charge on any atom is -0.460 e. The average molecular weight is 379 g/mol. The van der Waals surface area contributed by atoms with Crippen LogP contribution in [0, 0.1) is 0 Å². The molecule has 0 amide bonds. The van der Waals surface area contributed by atoms with Crippen molar-refractivity contribution in [3.63, 3.8) is 0 Å². The van der Waals surface area contributed by atoms with Crippen molar-refractivity contribution < 1.29 is 13.9 Å². The van der Waals surface area contributed by atoms with E-state index in [1.165, 1.54) is 0 Å². The Morgan fingerprint density at radius 3 is 2.95 bits per heavy atom. The SMILES string of the molecule is CCOC(=O)c1ccc(CN=C(N)NC2CC2)o1.I. The van der Waals surface area contributed by atoms with Crippen molar-refractivity contribution >= 4 is 35.9 Å². The number of furan rings is 1. The lowest BCUT2D eigenvalue weighted by molar-refractivity contribution is 0.0488. The zero-order valence-corrected chi connectivity index (χ0v) is 13.0. The predicted octanol–water partition coefficient (Wildman–Crippen LogP) is 1.64. The molecule has 0 radical (unpaired) electrons. The fourth-order valence-corrected chi connectivity index (χ4v) is 1.42. The summed E-state index contributed by atoms with van der Waals surface area (Å²) in [5.74, 6) is 0.720. The molecule has 1 heterocycles. The molecule has 1 fully saturated rings. The molecule has 1 aromatic rings. The number of hydrogen-bond donors (Lipinski definition) is 2. The highest BCUT2D eigenvalue weighted by atomic mass is 127. The van der Waals surface area contributed by atoms with Crippen LogP contribution in [0.3, 0.4) is 0 Å². The zero-order chi connectivity index (χ0) is 13.0. The summed E-state index contributed by atoms with van der Waals surface area (Å²) in [6, 6.07) is 3.74. The smallest absolute Gasteiger partial charge is 0.374 e. The summed E-state index contributed by atoms with van der Waals surface area (Å²) in [5.41, 5.74) is 5.68. The van der Waals surface area contributed by atoms with Crippen LogP contribution in [-0.4, -0.2) is 24.6 Å². The molecule has 19 heavy (non-hydrogen) atoms. The van der Waals surface area contributed by atoms with Crippen LogP contribution in [0.15, 0.2) is 21.5 Å². The first-order valence-electron chi connectivity index (χ1n) is 6.01. The highest BCUT2D eigenvalue weighted by Gasteiger charge is 2.21. The van der Waals surface area contributed by atoms with Crippen LogP contribution >= 0.6 is 24.0 Å². The van der Waals surface area contributed by atoms with E-state index in [2.05, 4.69) is 10.3 Å². The number of aliphatic imine (C=N–C) groups is 1. The summed E-state index contributed by atoms with van der Waals surface area (Å²) in [6.45, 7) is 2.38. The third kappa shape index (κ3) is 5.09. The monoisotopic (exact) mass is 379 g/mol. The number of carbonyl (C=O) groups is 1. The third-order valence-electron chi connectivity index (χ3n) is 2.47. The molecule has 2 rings (SSSR count). The Balaban J connectivity index is 0.00000180. The Morgan fingerprint density at radius 2 is 2.32 bits per heavy atom. The number of hydrogen-bond acceptors (Lipinski definition) is 4. The number of carbonyl (C=O) groups excluding carboxylic acids is 1. The molecule has 6 nitrogen and oxygen atoms in total. The molecule has 0 unspecified atom stereocenters. The Labute approximate surface area is 128 Å². The summed E-state index contributed by atoms with van der Waals surface area (Å²) in [6.07, 6.45) is 2.29. The van der Waals surface area contributed by atoms with Gasteiger partial charge >= 0.3 is 5.97 Å². The molecule has 0 spiro atoms.